The highest BCUT2D eigenvalue weighted by Gasteiger charge is 2.36. The lowest BCUT2D eigenvalue weighted by atomic mass is 9.94. The molecular weight excluding hydrogens is 458 g/mol. The van der Waals surface area contributed by atoms with Crippen LogP contribution in [0.5, 0.6) is 5.75 Å². The standard InChI is InChI=1S/C28H29N3O5/c1-36-23-12-10-20(11-13-23)19-29-27(34)22-14-17-30(18-15-22)28(35)25(31-16-6-5-9-24(31)32)26(33)21-7-3-2-4-8-21/h2-13,16,22,25H,14-15,17-19H2,1H3,(H,29,34)/t25-/m1/s1. The Hall–Kier alpha value is -4.20. The Morgan fingerprint density at radius 2 is 1.61 bits per heavy atom. The zero-order valence-electron chi connectivity index (χ0n) is 20.1. The minimum atomic E-state index is -1.29. The first-order valence-corrected chi connectivity index (χ1v) is 11.9. The number of amides is 2. The van der Waals surface area contributed by atoms with E-state index in [0.29, 0.717) is 38.0 Å². The predicted octanol–water partition coefficient (Wildman–Crippen LogP) is 2.84. The molecule has 1 saturated heterocycles. The van der Waals surface area contributed by atoms with Crippen LogP contribution in [0.25, 0.3) is 0 Å². The van der Waals surface area contributed by atoms with Gasteiger partial charge < -0.3 is 15.0 Å². The summed E-state index contributed by atoms with van der Waals surface area (Å²) >= 11 is 0. The van der Waals surface area contributed by atoms with Gasteiger partial charge in [0.2, 0.25) is 5.91 Å². The number of hydrogen-bond donors (Lipinski definition) is 1. The number of piperidine rings is 1. The Morgan fingerprint density at radius 1 is 0.944 bits per heavy atom. The summed E-state index contributed by atoms with van der Waals surface area (Å²) in [6.07, 6.45) is 2.43. The molecule has 1 aliphatic rings. The SMILES string of the molecule is COc1ccc(CNC(=O)C2CCN(C(=O)[C@@H](C(=O)c3ccccc3)n3ccccc3=O)CC2)cc1. The number of ketones is 1. The summed E-state index contributed by atoms with van der Waals surface area (Å²) in [5.74, 6) is -0.407. The predicted molar refractivity (Wildman–Crippen MR) is 135 cm³/mol. The van der Waals surface area contributed by atoms with E-state index in [1.807, 2.05) is 24.3 Å². The van der Waals surface area contributed by atoms with Gasteiger partial charge >= 0.3 is 0 Å². The van der Waals surface area contributed by atoms with E-state index in [0.717, 1.165) is 11.3 Å². The number of Topliss-reactive ketones (excluding diaryl/α,β-unsaturated/α-hetero) is 1. The van der Waals surface area contributed by atoms with Crippen LogP contribution in [0.15, 0.2) is 83.8 Å². The van der Waals surface area contributed by atoms with Crippen LogP contribution in [0.4, 0.5) is 0 Å². The minimum absolute atomic E-state index is 0.0610. The summed E-state index contributed by atoms with van der Waals surface area (Å²) in [6.45, 7) is 1.08. The second kappa shape index (κ2) is 11.5. The Kier molecular flexibility index (Phi) is 7.95. The van der Waals surface area contributed by atoms with E-state index in [-0.39, 0.29) is 11.8 Å². The molecule has 3 aromatic rings. The van der Waals surface area contributed by atoms with E-state index in [1.165, 1.54) is 16.8 Å². The number of pyridine rings is 1. The third-order valence-electron chi connectivity index (χ3n) is 6.47. The van der Waals surface area contributed by atoms with Gasteiger partial charge in [-0.1, -0.05) is 48.5 Å². The molecule has 1 atom stereocenters. The maximum absolute atomic E-state index is 13.5. The van der Waals surface area contributed by atoms with E-state index >= 15 is 0 Å². The van der Waals surface area contributed by atoms with Gasteiger partial charge in [0.25, 0.3) is 11.5 Å². The molecule has 2 amide bonds. The summed E-state index contributed by atoms with van der Waals surface area (Å²) in [4.78, 5) is 53.7. The molecule has 0 unspecified atom stereocenters. The lowest BCUT2D eigenvalue weighted by Gasteiger charge is -2.33. The van der Waals surface area contributed by atoms with Crippen molar-refractivity contribution in [2.45, 2.75) is 25.4 Å². The molecule has 8 heteroatoms. The second-order valence-corrected chi connectivity index (χ2v) is 8.74. The summed E-state index contributed by atoms with van der Waals surface area (Å²) < 4.78 is 6.34. The first kappa shape index (κ1) is 24.9. The van der Waals surface area contributed by atoms with Crippen LogP contribution in [0.3, 0.4) is 0 Å². The average Bonchev–Trinajstić information content (AvgIpc) is 2.93. The number of carbonyl (C=O) groups is 3. The van der Waals surface area contributed by atoms with Gasteiger partial charge in [-0.2, -0.15) is 0 Å². The van der Waals surface area contributed by atoms with Gasteiger partial charge in [0.1, 0.15) is 5.75 Å². The Morgan fingerprint density at radius 3 is 2.25 bits per heavy atom. The van der Waals surface area contributed by atoms with Crippen LogP contribution in [0.1, 0.15) is 34.8 Å². The van der Waals surface area contributed by atoms with Crippen molar-refractivity contribution in [1.29, 1.82) is 0 Å². The zero-order chi connectivity index (χ0) is 25.5. The molecule has 0 saturated carbocycles. The zero-order valence-corrected chi connectivity index (χ0v) is 20.1. The number of nitrogens with one attached hydrogen (secondary N) is 1. The maximum Gasteiger partial charge on any atom is 0.253 e. The number of ether oxygens (including phenoxy) is 1. The highest BCUT2D eigenvalue weighted by atomic mass is 16.5. The molecule has 0 spiro atoms. The molecule has 36 heavy (non-hydrogen) atoms. The third kappa shape index (κ3) is 5.71. The molecule has 1 fully saturated rings. The van der Waals surface area contributed by atoms with E-state index in [1.54, 1.807) is 54.5 Å². The number of benzene rings is 2. The number of methoxy groups -OCH3 is 1. The van der Waals surface area contributed by atoms with E-state index in [4.69, 9.17) is 4.74 Å². The molecule has 0 aliphatic carbocycles. The highest BCUT2D eigenvalue weighted by molar-refractivity contribution is 6.11. The third-order valence-corrected chi connectivity index (χ3v) is 6.47. The fourth-order valence-corrected chi connectivity index (χ4v) is 4.38. The van der Waals surface area contributed by atoms with Gasteiger partial charge in [-0.3, -0.25) is 23.7 Å². The number of nitrogens with zero attached hydrogens (tertiary/aromatic N) is 2. The number of aromatic nitrogens is 1. The lowest BCUT2D eigenvalue weighted by Crippen LogP contribution is -2.48. The van der Waals surface area contributed by atoms with Crippen molar-refractivity contribution in [1.82, 2.24) is 14.8 Å². The van der Waals surface area contributed by atoms with Crippen molar-refractivity contribution >= 4 is 17.6 Å². The first-order valence-electron chi connectivity index (χ1n) is 11.9. The van der Waals surface area contributed by atoms with Gasteiger partial charge in [0, 0.05) is 43.4 Å². The molecule has 2 aromatic carbocycles. The van der Waals surface area contributed by atoms with E-state index in [9.17, 15) is 19.2 Å². The summed E-state index contributed by atoms with van der Waals surface area (Å²) in [7, 11) is 1.60. The smallest absolute Gasteiger partial charge is 0.253 e. The van der Waals surface area contributed by atoms with Crippen LogP contribution >= 0.6 is 0 Å². The molecule has 1 aliphatic heterocycles. The van der Waals surface area contributed by atoms with E-state index in [2.05, 4.69) is 5.32 Å². The van der Waals surface area contributed by atoms with Crippen LogP contribution in [-0.4, -0.2) is 47.3 Å². The van der Waals surface area contributed by atoms with Gasteiger partial charge in [0.15, 0.2) is 11.8 Å². The van der Waals surface area contributed by atoms with Gasteiger partial charge in [-0.15, -0.1) is 0 Å². The molecule has 4 rings (SSSR count). The fourth-order valence-electron chi connectivity index (χ4n) is 4.38. The molecule has 186 valence electrons. The van der Waals surface area contributed by atoms with Gasteiger partial charge in [0.05, 0.1) is 7.11 Å². The molecular formula is C28H29N3O5. The molecule has 0 radical (unpaired) electrons. The van der Waals surface area contributed by atoms with E-state index < -0.39 is 23.3 Å². The maximum atomic E-state index is 13.5. The van der Waals surface area contributed by atoms with Crippen LogP contribution in [-0.2, 0) is 16.1 Å². The minimum Gasteiger partial charge on any atom is -0.497 e. The van der Waals surface area contributed by atoms with Crippen LogP contribution < -0.4 is 15.6 Å². The Labute approximate surface area is 209 Å². The first-order chi connectivity index (χ1) is 17.5. The molecule has 1 N–H and O–H groups in total. The van der Waals surface area contributed by atoms with Gasteiger partial charge in [-0.05, 0) is 36.6 Å². The monoisotopic (exact) mass is 487 g/mol. The summed E-state index contributed by atoms with van der Waals surface area (Å²) in [5.41, 5.74) is 0.902. The molecule has 8 nitrogen and oxygen atoms in total. The van der Waals surface area contributed by atoms with Crippen molar-refractivity contribution in [2.75, 3.05) is 20.2 Å². The van der Waals surface area contributed by atoms with Gasteiger partial charge in [-0.25, -0.2) is 0 Å². The Balaban J connectivity index is 1.41. The quantitative estimate of drug-likeness (QED) is 0.389. The lowest BCUT2D eigenvalue weighted by molar-refractivity contribution is -0.137. The number of rotatable bonds is 8. The number of hydrogen-bond acceptors (Lipinski definition) is 5. The second-order valence-electron chi connectivity index (χ2n) is 8.74. The highest BCUT2D eigenvalue weighted by Crippen LogP contribution is 2.23. The molecule has 1 aromatic heterocycles. The average molecular weight is 488 g/mol. The summed E-state index contributed by atoms with van der Waals surface area (Å²) in [6, 6.07) is 19.2. The normalized spacial score (nSPS) is 14.6. The van der Waals surface area contributed by atoms with Crippen LogP contribution in [0.2, 0.25) is 0 Å². The molecule has 2 heterocycles. The van der Waals surface area contributed by atoms with Crippen molar-refractivity contribution in [3.63, 3.8) is 0 Å². The van der Waals surface area contributed by atoms with Crippen molar-refractivity contribution < 1.29 is 19.1 Å². The number of likely N-dealkylation sites (tertiary alicyclic amines) is 1. The largest absolute Gasteiger partial charge is 0.497 e. The van der Waals surface area contributed by atoms with Crippen molar-refractivity contribution in [3.8, 4) is 5.75 Å². The fraction of sp³-hybridized carbons (Fsp3) is 0.286. The topological polar surface area (TPSA) is 97.7 Å². The van der Waals surface area contributed by atoms with Crippen molar-refractivity contribution in [2.24, 2.45) is 5.92 Å². The number of carbonyl (C=O) groups excluding carboxylic acids is 3. The van der Waals surface area contributed by atoms with Crippen molar-refractivity contribution in [3.05, 3.63) is 100 Å². The summed E-state index contributed by atoms with van der Waals surface area (Å²) in [5, 5.41) is 2.96. The molecule has 0 bridgehead atoms. The Bertz CT molecular complexity index is 1260. The van der Waals surface area contributed by atoms with Crippen LogP contribution in [0, 0.1) is 5.92 Å².